The van der Waals surface area contributed by atoms with Crippen LogP contribution in [0.15, 0.2) is 48.5 Å². The number of methoxy groups -OCH3 is 1. The summed E-state index contributed by atoms with van der Waals surface area (Å²) >= 11 is 1.46. The molecular weight excluding hydrogens is 351 g/mol. The van der Waals surface area contributed by atoms with Gasteiger partial charge in [0.15, 0.2) is 0 Å². The summed E-state index contributed by atoms with van der Waals surface area (Å²) in [5.74, 6) is 1.65. The molecule has 0 bridgehead atoms. The molecule has 1 aliphatic heterocycles. The lowest BCUT2D eigenvalue weighted by molar-refractivity contribution is -0.128. The van der Waals surface area contributed by atoms with Crippen LogP contribution in [0, 0.1) is 5.82 Å². The first-order valence-corrected chi connectivity index (χ1v) is 9.81. The van der Waals surface area contributed by atoms with Gasteiger partial charge in [0, 0.05) is 31.9 Å². The average Bonchev–Trinajstić information content (AvgIpc) is 2.69. The summed E-state index contributed by atoms with van der Waals surface area (Å²) in [5.41, 5.74) is 1.71. The Morgan fingerprint density at radius 3 is 2.50 bits per heavy atom. The molecule has 138 valence electrons. The molecule has 1 fully saturated rings. The van der Waals surface area contributed by atoms with Crippen LogP contribution in [0.3, 0.4) is 0 Å². The Bertz CT molecular complexity index is 748. The van der Waals surface area contributed by atoms with Gasteiger partial charge in [0.1, 0.15) is 11.6 Å². The van der Waals surface area contributed by atoms with Gasteiger partial charge < -0.3 is 14.5 Å². The summed E-state index contributed by atoms with van der Waals surface area (Å²) in [7, 11) is 1.67. The largest absolute Gasteiger partial charge is 0.495 e. The van der Waals surface area contributed by atoms with Crippen LogP contribution in [0.1, 0.15) is 5.56 Å². The molecule has 2 aromatic carbocycles. The number of benzene rings is 2. The van der Waals surface area contributed by atoms with Gasteiger partial charge in [-0.05, 0) is 23.8 Å². The van der Waals surface area contributed by atoms with E-state index >= 15 is 0 Å². The third-order valence-corrected chi connectivity index (χ3v) is 5.47. The molecule has 0 saturated carbocycles. The zero-order chi connectivity index (χ0) is 18.4. The predicted octanol–water partition coefficient (Wildman–Crippen LogP) is 3.42. The van der Waals surface area contributed by atoms with Crippen molar-refractivity contribution >= 4 is 23.4 Å². The van der Waals surface area contributed by atoms with Gasteiger partial charge >= 0.3 is 0 Å². The van der Waals surface area contributed by atoms with Crippen LogP contribution < -0.4 is 9.64 Å². The second-order valence-electron chi connectivity index (χ2n) is 6.12. The molecule has 0 unspecified atom stereocenters. The first-order chi connectivity index (χ1) is 12.7. The highest BCUT2D eigenvalue weighted by Crippen LogP contribution is 2.28. The van der Waals surface area contributed by atoms with E-state index in [2.05, 4.69) is 4.90 Å². The fraction of sp³-hybridized carbons (Fsp3) is 0.350. The Morgan fingerprint density at radius 2 is 1.77 bits per heavy atom. The quantitative estimate of drug-likeness (QED) is 0.776. The highest BCUT2D eigenvalue weighted by Gasteiger charge is 2.22. The minimum atomic E-state index is -0.210. The minimum Gasteiger partial charge on any atom is -0.495 e. The molecule has 1 aliphatic rings. The molecule has 26 heavy (non-hydrogen) atoms. The molecule has 1 amide bonds. The van der Waals surface area contributed by atoms with Crippen LogP contribution in [0.5, 0.6) is 5.75 Å². The lowest BCUT2D eigenvalue weighted by Crippen LogP contribution is -2.49. The van der Waals surface area contributed by atoms with Crippen LogP contribution >= 0.6 is 11.8 Å². The number of hydrogen-bond donors (Lipinski definition) is 0. The molecular formula is C20H23FN2O2S. The number of ether oxygens (including phenoxy) is 1. The monoisotopic (exact) mass is 374 g/mol. The van der Waals surface area contributed by atoms with E-state index in [1.165, 1.54) is 17.8 Å². The molecule has 0 atom stereocenters. The van der Waals surface area contributed by atoms with Crippen LogP contribution in [0.2, 0.25) is 0 Å². The zero-order valence-electron chi connectivity index (χ0n) is 14.9. The van der Waals surface area contributed by atoms with Crippen LogP contribution in [-0.4, -0.2) is 49.8 Å². The van der Waals surface area contributed by atoms with E-state index in [1.807, 2.05) is 35.2 Å². The lowest BCUT2D eigenvalue weighted by Gasteiger charge is -2.36. The number of para-hydroxylation sites is 2. The standard InChI is InChI=1S/C20H23FN2O2S/c1-25-19-9-5-4-8-18(19)22-10-12-23(13-11-22)20(24)15-26-14-16-6-2-3-7-17(16)21/h2-9H,10-15H2,1H3. The summed E-state index contributed by atoms with van der Waals surface area (Å²) < 4.78 is 19.0. The number of amides is 1. The van der Waals surface area contributed by atoms with Gasteiger partial charge in [-0.3, -0.25) is 4.79 Å². The van der Waals surface area contributed by atoms with Gasteiger partial charge in [-0.1, -0.05) is 30.3 Å². The van der Waals surface area contributed by atoms with Crippen molar-refractivity contribution in [2.45, 2.75) is 5.75 Å². The molecule has 0 aromatic heterocycles. The van der Waals surface area contributed by atoms with Gasteiger partial charge in [-0.25, -0.2) is 4.39 Å². The maximum absolute atomic E-state index is 13.6. The Hall–Kier alpha value is -2.21. The van der Waals surface area contributed by atoms with Gasteiger partial charge in [-0.2, -0.15) is 0 Å². The zero-order valence-corrected chi connectivity index (χ0v) is 15.7. The van der Waals surface area contributed by atoms with Crippen molar-refractivity contribution < 1.29 is 13.9 Å². The molecule has 1 heterocycles. The Labute approximate surface area is 157 Å². The molecule has 0 radical (unpaired) electrons. The summed E-state index contributed by atoms with van der Waals surface area (Å²) in [6.07, 6.45) is 0. The van der Waals surface area contributed by atoms with E-state index in [0.717, 1.165) is 24.5 Å². The fourth-order valence-corrected chi connectivity index (χ4v) is 3.96. The summed E-state index contributed by atoms with van der Waals surface area (Å²) in [5, 5.41) is 0. The van der Waals surface area contributed by atoms with Crippen molar-refractivity contribution in [3.8, 4) is 5.75 Å². The van der Waals surface area contributed by atoms with Crippen molar-refractivity contribution in [2.75, 3.05) is 43.9 Å². The second kappa shape index (κ2) is 8.94. The molecule has 0 aliphatic carbocycles. The Morgan fingerprint density at radius 1 is 1.08 bits per heavy atom. The molecule has 2 aromatic rings. The number of thioether (sulfide) groups is 1. The van der Waals surface area contributed by atoms with E-state index in [0.29, 0.717) is 30.2 Å². The number of carbonyl (C=O) groups excluding carboxylic acids is 1. The molecule has 0 N–H and O–H groups in total. The summed E-state index contributed by atoms with van der Waals surface area (Å²) in [6, 6.07) is 14.7. The van der Waals surface area contributed by atoms with E-state index in [4.69, 9.17) is 4.74 Å². The average molecular weight is 374 g/mol. The third-order valence-electron chi connectivity index (χ3n) is 4.50. The maximum atomic E-state index is 13.6. The molecule has 6 heteroatoms. The maximum Gasteiger partial charge on any atom is 0.232 e. The smallest absolute Gasteiger partial charge is 0.232 e. The number of halogens is 1. The third kappa shape index (κ3) is 4.49. The Balaban J connectivity index is 1.47. The molecule has 1 saturated heterocycles. The van der Waals surface area contributed by atoms with Crippen LogP contribution in [0.4, 0.5) is 10.1 Å². The van der Waals surface area contributed by atoms with Crippen molar-refractivity contribution in [1.82, 2.24) is 4.90 Å². The van der Waals surface area contributed by atoms with E-state index in [1.54, 1.807) is 19.2 Å². The number of piperazine rings is 1. The summed E-state index contributed by atoms with van der Waals surface area (Å²) in [4.78, 5) is 16.5. The molecule has 3 rings (SSSR count). The van der Waals surface area contributed by atoms with Gasteiger partial charge in [0.05, 0.1) is 18.6 Å². The van der Waals surface area contributed by atoms with Crippen LogP contribution in [-0.2, 0) is 10.5 Å². The van der Waals surface area contributed by atoms with Crippen molar-refractivity contribution in [1.29, 1.82) is 0 Å². The minimum absolute atomic E-state index is 0.117. The normalized spacial score (nSPS) is 14.4. The first-order valence-electron chi connectivity index (χ1n) is 8.66. The fourth-order valence-electron chi connectivity index (χ4n) is 3.04. The predicted molar refractivity (Wildman–Crippen MR) is 104 cm³/mol. The number of nitrogens with zero attached hydrogens (tertiary/aromatic N) is 2. The van der Waals surface area contributed by atoms with E-state index in [-0.39, 0.29) is 11.7 Å². The second-order valence-corrected chi connectivity index (χ2v) is 7.11. The van der Waals surface area contributed by atoms with Gasteiger partial charge in [-0.15, -0.1) is 11.8 Å². The van der Waals surface area contributed by atoms with Crippen molar-refractivity contribution in [3.05, 3.63) is 59.9 Å². The highest BCUT2D eigenvalue weighted by molar-refractivity contribution is 7.99. The topological polar surface area (TPSA) is 32.8 Å². The number of carbonyl (C=O) groups is 1. The van der Waals surface area contributed by atoms with Gasteiger partial charge in [0.2, 0.25) is 5.91 Å². The summed E-state index contributed by atoms with van der Waals surface area (Å²) in [6.45, 7) is 2.95. The lowest BCUT2D eigenvalue weighted by atomic mass is 10.2. The number of anilines is 1. The first kappa shape index (κ1) is 18.6. The Kier molecular flexibility index (Phi) is 6.39. The molecule has 4 nitrogen and oxygen atoms in total. The highest BCUT2D eigenvalue weighted by atomic mass is 32.2. The van der Waals surface area contributed by atoms with E-state index in [9.17, 15) is 9.18 Å². The van der Waals surface area contributed by atoms with Gasteiger partial charge in [0.25, 0.3) is 0 Å². The number of hydrogen-bond acceptors (Lipinski definition) is 4. The number of rotatable bonds is 6. The van der Waals surface area contributed by atoms with Crippen molar-refractivity contribution in [3.63, 3.8) is 0 Å². The molecule has 0 spiro atoms. The van der Waals surface area contributed by atoms with Crippen molar-refractivity contribution in [2.24, 2.45) is 0 Å². The SMILES string of the molecule is COc1ccccc1N1CCN(C(=O)CSCc2ccccc2F)CC1. The van der Waals surface area contributed by atoms with Crippen LogP contribution in [0.25, 0.3) is 0 Å². The van der Waals surface area contributed by atoms with E-state index < -0.39 is 0 Å².